The molecule has 0 aliphatic heterocycles. The summed E-state index contributed by atoms with van der Waals surface area (Å²) in [5.74, 6) is -8.70. The lowest BCUT2D eigenvalue weighted by Crippen LogP contribution is -2.59. The number of imidazole rings is 1. The van der Waals surface area contributed by atoms with Crippen LogP contribution in [0.4, 0.5) is 14.4 Å². The minimum Gasteiger partial charge on any atom is -0.444 e. The van der Waals surface area contributed by atoms with Crippen molar-refractivity contribution in [2.24, 2.45) is 17.8 Å². The highest BCUT2D eigenvalue weighted by Crippen LogP contribution is 2.43. The summed E-state index contributed by atoms with van der Waals surface area (Å²) in [6.07, 6.45) is 3.53. The molecule has 33 heteroatoms. The summed E-state index contributed by atoms with van der Waals surface area (Å²) in [5.41, 5.74) is 0.714. The second-order valence-corrected chi connectivity index (χ2v) is 39.7. The highest BCUT2D eigenvalue weighted by atomic mass is 32.2. The van der Waals surface area contributed by atoms with Crippen LogP contribution < -0.4 is 63.8 Å². The number of rotatable bonds is 48. The van der Waals surface area contributed by atoms with Gasteiger partial charge in [-0.1, -0.05) is 228 Å². The summed E-state index contributed by atoms with van der Waals surface area (Å²) >= 11 is 1.51. The lowest BCUT2D eigenvalue weighted by atomic mass is 9.76. The van der Waals surface area contributed by atoms with Gasteiger partial charge in [-0.15, -0.1) is 0 Å². The van der Waals surface area contributed by atoms with Gasteiger partial charge in [0.1, 0.15) is 64.1 Å². The Labute approximate surface area is 824 Å². The van der Waals surface area contributed by atoms with E-state index in [1.807, 2.05) is 207 Å². The van der Waals surface area contributed by atoms with Crippen LogP contribution in [0.2, 0.25) is 0 Å². The number of Topliss-reactive ketones (excluding diaryl/α,β-unsaturated/α-hetero) is 1. The largest absolute Gasteiger partial charge is 0.444 e. The molecule has 140 heavy (non-hydrogen) atoms. The average molecular weight is 1940 g/mol. The first-order valence-electron chi connectivity index (χ1n) is 47.5. The topological polar surface area (TPSA) is 434 Å². The third-order valence-corrected chi connectivity index (χ3v) is 23.7. The number of amides is 12. The maximum absolute atomic E-state index is 15.6. The van der Waals surface area contributed by atoms with E-state index in [0.717, 1.165) is 16.7 Å². The van der Waals surface area contributed by atoms with E-state index < -0.39 is 172 Å². The van der Waals surface area contributed by atoms with Crippen molar-refractivity contribution in [3.05, 3.63) is 270 Å². The van der Waals surface area contributed by atoms with E-state index in [9.17, 15) is 47.9 Å². The summed E-state index contributed by atoms with van der Waals surface area (Å²) in [6, 6.07) is 54.3. The zero-order valence-electron chi connectivity index (χ0n) is 82.9. The fourth-order valence-corrected chi connectivity index (χ4v) is 16.9. The average Bonchev–Trinajstić information content (AvgIpc) is 1.32. The van der Waals surface area contributed by atoms with Crippen molar-refractivity contribution in [1.29, 1.82) is 0 Å². The predicted molar refractivity (Wildman–Crippen MR) is 538 cm³/mol. The number of thioether (sulfide) groups is 1. The molecule has 0 spiro atoms. The van der Waals surface area contributed by atoms with Gasteiger partial charge in [-0.2, -0.15) is 11.8 Å². The van der Waals surface area contributed by atoms with Crippen molar-refractivity contribution in [3.8, 4) is 0 Å². The third kappa shape index (κ3) is 32.3. The van der Waals surface area contributed by atoms with Gasteiger partial charge in [0.25, 0.3) is 0 Å². The molecule has 12 N–H and O–H groups in total. The minimum atomic E-state index is -1.66. The summed E-state index contributed by atoms with van der Waals surface area (Å²) in [4.78, 5) is 206. The maximum atomic E-state index is 15.6. The van der Waals surface area contributed by atoms with Crippen molar-refractivity contribution < 1.29 is 81.3 Å². The van der Waals surface area contributed by atoms with Crippen LogP contribution in [0.5, 0.6) is 0 Å². The number of ether oxygens (including phenoxy) is 3. The quantitative estimate of drug-likeness (QED) is 0.00957. The van der Waals surface area contributed by atoms with Gasteiger partial charge in [-0.25, -0.2) is 19.4 Å². The summed E-state index contributed by atoms with van der Waals surface area (Å²) in [7, 11) is 0. The smallest absolute Gasteiger partial charge is 0.419 e. The normalized spacial score (nSPS) is 13.3. The molecule has 9 aromatic rings. The number of hydrogen-bond donors (Lipinski definition) is 12. The Kier molecular flexibility index (Phi) is 40.4. The van der Waals surface area contributed by atoms with E-state index >= 15 is 19.2 Å². The van der Waals surface area contributed by atoms with Crippen molar-refractivity contribution in [2.75, 3.05) is 38.2 Å². The second kappa shape index (κ2) is 51.6. The van der Waals surface area contributed by atoms with Gasteiger partial charge in [-0.05, 0) is 177 Å². The van der Waals surface area contributed by atoms with Crippen LogP contribution >= 0.6 is 11.8 Å². The number of carbonyl (C=O) groups excluding carboxylic acids is 14. The van der Waals surface area contributed by atoms with Crippen LogP contribution in [0.25, 0.3) is 10.9 Å². The number of alkyl carbamates (subject to hydrolysis) is 2. The van der Waals surface area contributed by atoms with Gasteiger partial charge in [0.2, 0.25) is 59.1 Å². The molecule has 2 heterocycles. The number of aromatic nitrogens is 3. The SMILES string of the molecule is CSCC[C@H](NC(=O)[C@H](CC(C)C)NC(=O)[C@H](Cc1cncn1C(c1ccccc1)(c1ccccc1)c1ccccc1)NC(=O)CNC(=O)[C@@H](NC(=O)[C@H](C)NC(=O)[C@H](Cc1cn(C(=O)OC(C)(C)C)c2ccccc12)NC(=O)[C@H](CCC(=O)NC(c1ccccc1)(c1ccccc1)c1ccccc1)NC(=O)CCCCNC(=O)CC(CNC(=O)OC(C)(C)C)CNC(=O)OC(C)(C)C)C(C)C)C(C)=O. The predicted octanol–water partition coefficient (Wildman–Crippen LogP) is 12.1. The Hall–Kier alpha value is -14.0. The van der Waals surface area contributed by atoms with Crippen LogP contribution in [-0.2, 0) is 90.9 Å². The number of fused-ring (bicyclic) bond motifs is 1. The number of unbranched alkanes of at least 4 members (excludes halogenated alkanes) is 1. The van der Waals surface area contributed by atoms with E-state index in [1.54, 1.807) is 113 Å². The number of ketones is 1. The lowest BCUT2D eigenvalue weighted by Gasteiger charge is -2.39. The molecule has 748 valence electrons. The van der Waals surface area contributed by atoms with Gasteiger partial charge in [0.15, 0.2) is 5.78 Å². The molecule has 9 rings (SSSR count). The van der Waals surface area contributed by atoms with Gasteiger partial charge < -0.3 is 82.6 Å². The molecular weight excluding hydrogens is 1800 g/mol. The number of para-hydroxylation sites is 1. The van der Waals surface area contributed by atoms with Crippen LogP contribution in [0, 0.1) is 17.8 Å². The van der Waals surface area contributed by atoms with Crippen molar-refractivity contribution in [1.82, 2.24) is 77.9 Å². The molecule has 0 unspecified atom stereocenters. The summed E-state index contributed by atoms with van der Waals surface area (Å²) < 4.78 is 19.8. The standard InChI is InChI=1S/C107H137N15O17S/c1-69(2)59-85(97(131)116-83(72(6)123)56-58-140-16)117-98(132)87(62-81-65-108-68-122(81)107(78-45-29-20-30-46-78,79-47-31-21-32-48-79)80-49-33-22-34-50-80)115-92(127)66-110-99(133)93(70(3)4)119-94(128)71(5)113-96(130)86(61-74-67-121(102(136)139-105(13,14)15)88-52-36-35-51-82(74)88)118-95(129)84(54-55-90(125)120-106(75-39-23-17-24-40-75,76-41-25-18-26-42-76)77-43-27-19-28-44-77)114-89(124)53-37-38-57-109-91(126)60-73(63-111-100(134)137-103(7,8)9)64-112-101(135)138-104(10,11)12/h17-36,39-52,65,67-71,73,83-87,93H,37-38,53-64,66H2,1-16H3,(H,109,126)(H,110,133)(H,111,134)(H,112,135)(H,113,130)(H,114,124)(H,115,127)(H,116,131)(H,117,132)(H,118,129)(H,119,128)(H,120,125)/t71-,83-,84-,85-,86-,87-,93-/m0/s1. The third-order valence-electron chi connectivity index (χ3n) is 23.1. The molecule has 0 aliphatic rings. The Balaban J connectivity index is 0.982. The molecule has 7 aromatic carbocycles. The Bertz CT molecular complexity index is 5440. The lowest BCUT2D eigenvalue weighted by molar-refractivity contribution is -0.135. The molecule has 0 radical (unpaired) electrons. The Morgan fingerprint density at radius 1 is 0.429 bits per heavy atom. The number of carbonyl (C=O) groups is 14. The number of benzene rings is 7. The molecule has 0 bridgehead atoms. The van der Waals surface area contributed by atoms with Crippen LogP contribution in [-0.4, -0.2) is 195 Å². The molecule has 7 atom stereocenters. The fraction of sp³-hybridized carbons (Fsp3) is 0.430. The molecule has 32 nitrogen and oxygen atoms in total. The van der Waals surface area contributed by atoms with E-state index in [0.29, 0.717) is 51.0 Å². The minimum absolute atomic E-state index is 0.0513. The number of hydrogen-bond acceptors (Lipinski definition) is 19. The number of nitrogens with one attached hydrogen (secondary N) is 12. The molecule has 0 saturated carbocycles. The highest BCUT2D eigenvalue weighted by Gasteiger charge is 2.43. The Morgan fingerprint density at radius 2 is 0.886 bits per heavy atom. The summed E-state index contributed by atoms with van der Waals surface area (Å²) in [5, 5.41) is 34.3. The second-order valence-electron chi connectivity index (χ2n) is 38.7. The number of nitrogens with zero attached hydrogens (tertiary/aromatic N) is 3. The van der Waals surface area contributed by atoms with Gasteiger partial charge in [0, 0.05) is 81.1 Å². The zero-order chi connectivity index (χ0) is 102. The monoisotopic (exact) mass is 1940 g/mol. The molecular formula is C107H137N15O17S. The zero-order valence-corrected chi connectivity index (χ0v) is 83.7. The Morgan fingerprint density at radius 3 is 1.38 bits per heavy atom. The van der Waals surface area contributed by atoms with Crippen LogP contribution in [0.3, 0.4) is 0 Å². The van der Waals surface area contributed by atoms with Crippen LogP contribution in [0.1, 0.15) is 200 Å². The van der Waals surface area contributed by atoms with Crippen molar-refractivity contribution in [2.45, 2.75) is 238 Å². The molecule has 12 amide bonds. The molecule has 0 saturated heterocycles. The highest BCUT2D eigenvalue weighted by molar-refractivity contribution is 7.98. The fourth-order valence-electron chi connectivity index (χ4n) is 16.4. The van der Waals surface area contributed by atoms with Gasteiger partial charge in [0.05, 0.1) is 24.4 Å². The first kappa shape index (κ1) is 110. The first-order valence-corrected chi connectivity index (χ1v) is 48.9. The van der Waals surface area contributed by atoms with Crippen molar-refractivity contribution >= 4 is 106 Å². The van der Waals surface area contributed by atoms with Gasteiger partial charge >= 0.3 is 18.3 Å². The first-order chi connectivity index (χ1) is 66.5. The van der Waals surface area contributed by atoms with Crippen LogP contribution in [0.15, 0.2) is 225 Å². The maximum Gasteiger partial charge on any atom is 0.419 e. The molecule has 0 aliphatic carbocycles. The molecule has 0 fully saturated rings. The van der Waals surface area contributed by atoms with E-state index in [4.69, 9.17) is 14.2 Å². The van der Waals surface area contributed by atoms with E-state index in [2.05, 4.69) is 68.8 Å². The summed E-state index contributed by atoms with van der Waals surface area (Å²) in [6.45, 7) is 24.3. The van der Waals surface area contributed by atoms with Crippen molar-refractivity contribution in [3.63, 3.8) is 0 Å². The van der Waals surface area contributed by atoms with E-state index in [-0.39, 0.29) is 82.7 Å². The van der Waals surface area contributed by atoms with Gasteiger partial charge in [-0.3, -0.25) is 57.3 Å². The molecule has 2 aromatic heterocycles. The van der Waals surface area contributed by atoms with E-state index in [1.165, 1.54) is 36.4 Å².